The van der Waals surface area contributed by atoms with Crippen molar-refractivity contribution in [2.24, 2.45) is 0 Å². The summed E-state index contributed by atoms with van der Waals surface area (Å²) in [5.41, 5.74) is 2.91. The van der Waals surface area contributed by atoms with Crippen LogP contribution in [0.15, 0.2) is 24.3 Å². The average molecular weight is 190 g/mol. The van der Waals surface area contributed by atoms with Gasteiger partial charge in [0.1, 0.15) is 12.8 Å². The van der Waals surface area contributed by atoms with Crippen LogP contribution < -0.4 is 0 Å². The highest BCUT2D eigenvalue weighted by Gasteiger charge is 2.19. The van der Waals surface area contributed by atoms with Gasteiger partial charge in [-0.2, -0.15) is 0 Å². The number of para-hydroxylation sites is 1. The van der Waals surface area contributed by atoms with E-state index in [0.717, 1.165) is 6.42 Å². The van der Waals surface area contributed by atoms with Crippen molar-refractivity contribution in [1.82, 2.24) is 0 Å². The predicted octanol–water partition coefficient (Wildman–Crippen LogP) is 1.13. The molecule has 0 atom stereocenters. The molecule has 1 aliphatic rings. The van der Waals surface area contributed by atoms with Crippen LogP contribution in [-0.4, -0.2) is 27.6 Å². The fraction of sp³-hybridized carbons (Fsp3) is 0.364. The molecule has 0 spiro atoms. The van der Waals surface area contributed by atoms with Crippen LogP contribution in [0.5, 0.6) is 0 Å². The third kappa shape index (κ3) is 1.73. The summed E-state index contributed by atoms with van der Waals surface area (Å²) in [6.07, 6.45) is 4.79. The first-order valence-corrected chi connectivity index (χ1v) is 6.51. The Morgan fingerprint density at radius 1 is 1.31 bits per heavy atom. The molecule has 0 N–H and O–H groups in total. The van der Waals surface area contributed by atoms with E-state index in [-0.39, 0.29) is 0 Å². The molecule has 68 valence electrons. The Labute approximate surface area is 82.5 Å². The van der Waals surface area contributed by atoms with E-state index in [4.69, 9.17) is 0 Å². The van der Waals surface area contributed by atoms with E-state index in [9.17, 15) is 0 Å². The maximum Gasteiger partial charge on any atom is 0.208 e. The topological polar surface area (TPSA) is 3.01 Å². The molecule has 0 saturated heterocycles. The van der Waals surface area contributed by atoms with Gasteiger partial charge in [0.25, 0.3) is 0 Å². The number of hydrogen-bond donors (Lipinski definition) is 0. The number of rotatable bonds is 3. The van der Waals surface area contributed by atoms with E-state index in [0.29, 0.717) is 0 Å². The summed E-state index contributed by atoms with van der Waals surface area (Å²) in [6.45, 7) is 1.21. The monoisotopic (exact) mass is 190 g/mol. The molecule has 1 aliphatic heterocycles. The van der Waals surface area contributed by atoms with Gasteiger partial charge in [0.2, 0.25) is 5.69 Å². The summed E-state index contributed by atoms with van der Waals surface area (Å²) in [7, 11) is 1.34. The lowest BCUT2D eigenvalue weighted by molar-refractivity contribution is -0.432. The summed E-state index contributed by atoms with van der Waals surface area (Å²) < 4.78 is 2.41. The molecule has 2 rings (SSSR count). The third-order valence-corrected chi connectivity index (χ3v) is 3.29. The zero-order chi connectivity index (χ0) is 9.10. The number of nitrogens with zero attached hydrogens (tertiary/aromatic N) is 1. The molecule has 0 unspecified atom stereocenters. The number of fused-ring (bicyclic) bond motifs is 1. The van der Waals surface area contributed by atoms with Crippen LogP contribution >= 0.6 is 0 Å². The van der Waals surface area contributed by atoms with E-state index in [1.165, 1.54) is 40.5 Å². The summed E-state index contributed by atoms with van der Waals surface area (Å²) in [4.78, 5) is 0. The lowest BCUT2D eigenvalue weighted by Gasteiger charge is -1.98. The average Bonchev–Trinajstić information content (AvgIpc) is 2.58. The second-order valence-corrected chi connectivity index (χ2v) is 4.56. The van der Waals surface area contributed by atoms with Crippen LogP contribution in [0.3, 0.4) is 0 Å². The first kappa shape index (κ1) is 8.69. The van der Waals surface area contributed by atoms with Gasteiger partial charge in [0, 0.05) is 28.3 Å². The zero-order valence-corrected chi connectivity index (χ0v) is 10.2. The Hall–Kier alpha value is -0.893. The van der Waals surface area contributed by atoms with Gasteiger partial charge in [-0.25, -0.2) is 4.58 Å². The van der Waals surface area contributed by atoms with E-state index < -0.39 is 0 Å². The summed E-state index contributed by atoms with van der Waals surface area (Å²) in [5, 5.41) is 0. The molecule has 0 aromatic heterocycles. The highest BCUT2D eigenvalue weighted by atomic mass is 28.1. The molecule has 1 aromatic carbocycles. The molecule has 0 radical (unpaired) electrons. The van der Waals surface area contributed by atoms with Crippen LogP contribution in [0.4, 0.5) is 5.69 Å². The van der Waals surface area contributed by atoms with Gasteiger partial charge in [0.05, 0.1) is 6.42 Å². The first-order chi connectivity index (χ1) is 6.42. The van der Waals surface area contributed by atoms with Gasteiger partial charge in [-0.05, 0) is 0 Å². The van der Waals surface area contributed by atoms with Crippen LogP contribution in [0, 0.1) is 0 Å². The van der Waals surface area contributed by atoms with Gasteiger partial charge in [-0.3, -0.25) is 0 Å². The fourth-order valence-electron chi connectivity index (χ4n) is 1.81. The second-order valence-electron chi connectivity index (χ2n) is 3.56. The highest BCUT2D eigenvalue weighted by Crippen LogP contribution is 2.22. The summed E-state index contributed by atoms with van der Waals surface area (Å²) in [5.74, 6) is 0. The maximum absolute atomic E-state index is 2.41. The second kappa shape index (κ2) is 3.88. The Morgan fingerprint density at radius 2 is 2.15 bits per heavy atom. The fourth-order valence-corrected chi connectivity index (χ4v) is 2.13. The largest absolute Gasteiger partial charge is 0.208 e. The zero-order valence-electron chi connectivity index (χ0n) is 8.16. The number of benzene rings is 1. The predicted molar refractivity (Wildman–Crippen MR) is 60.4 cm³/mol. The minimum Gasteiger partial charge on any atom is -0.202 e. The molecule has 13 heavy (non-hydrogen) atoms. The maximum atomic E-state index is 2.41. The Bertz CT molecular complexity index is 331. The quantitative estimate of drug-likeness (QED) is 0.496. The molecule has 0 bridgehead atoms. The Kier molecular flexibility index (Phi) is 2.59. The van der Waals surface area contributed by atoms with Crippen molar-refractivity contribution in [1.29, 1.82) is 0 Å². The minimum atomic E-state index is 1.12. The van der Waals surface area contributed by atoms with Crippen molar-refractivity contribution < 1.29 is 4.58 Å². The smallest absolute Gasteiger partial charge is 0.202 e. The molecule has 2 heteroatoms. The lowest BCUT2D eigenvalue weighted by Crippen LogP contribution is -2.04. The van der Waals surface area contributed by atoms with Crippen molar-refractivity contribution in [3.05, 3.63) is 29.8 Å². The summed E-state index contributed by atoms with van der Waals surface area (Å²) in [6, 6.07) is 10.1. The van der Waals surface area contributed by atoms with Gasteiger partial charge < -0.3 is 0 Å². The van der Waals surface area contributed by atoms with Crippen LogP contribution in [0.1, 0.15) is 12.0 Å². The van der Waals surface area contributed by atoms with E-state index in [2.05, 4.69) is 35.1 Å². The number of hydrogen-bond acceptors (Lipinski definition) is 0. The van der Waals surface area contributed by atoms with Crippen molar-refractivity contribution in [2.45, 2.75) is 18.9 Å². The standard InChI is InChI=1S/C11H16NSi/c13-9-3-7-12-8-6-10-4-1-2-5-11(10)12/h1-2,4-5,8H,3,6-7,9H2,13H3/q+1. The molecule has 1 nitrogen and oxygen atoms in total. The molecule has 0 aliphatic carbocycles. The first-order valence-electron chi connectivity index (χ1n) is 5.09. The normalized spacial score (nSPS) is 14.3. The van der Waals surface area contributed by atoms with Gasteiger partial charge >= 0.3 is 0 Å². The summed E-state index contributed by atoms with van der Waals surface area (Å²) >= 11 is 0. The molecule has 1 aromatic rings. The van der Waals surface area contributed by atoms with Crippen LogP contribution in [-0.2, 0) is 6.42 Å². The Balaban J connectivity index is 2.16. The minimum absolute atomic E-state index is 1.12. The van der Waals surface area contributed by atoms with Crippen molar-refractivity contribution in [3.63, 3.8) is 0 Å². The van der Waals surface area contributed by atoms with Crippen molar-refractivity contribution in [3.8, 4) is 0 Å². The van der Waals surface area contributed by atoms with E-state index in [1.807, 2.05) is 0 Å². The lowest BCUT2D eigenvalue weighted by atomic mass is 10.1. The third-order valence-electron chi connectivity index (χ3n) is 2.59. The van der Waals surface area contributed by atoms with E-state index >= 15 is 0 Å². The van der Waals surface area contributed by atoms with Gasteiger partial charge in [-0.15, -0.1) is 0 Å². The molecule has 0 fully saturated rings. The molecule has 0 amide bonds. The Morgan fingerprint density at radius 3 is 3.00 bits per heavy atom. The van der Waals surface area contributed by atoms with Gasteiger partial charge in [-0.1, -0.05) is 24.2 Å². The SMILES string of the molecule is [SiH3]CCC[N+]1=CCc2ccccc21. The van der Waals surface area contributed by atoms with Crippen LogP contribution in [0.25, 0.3) is 0 Å². The highest BCUT2D eigenvalue weighted by molar-refractivity contribution is 6.08. The van der Waals surface area contributed by atoms with Crippen LogP contribution in [0.2, 0.25) is 6.04 Å². The molecular weight excluding hydrogens is 174 g/mol. The van der Waals surface area contributed by atoms with Gasteiger partial charge in [0.15, 0.2) is 0 Å². The van der Waals surface area contributed by atoms with E-state index in [1.54, 1.807) is 0 Å². The molecule has 1 heterocycles. The molecule has 0 saturated carbocycles. The molecular formula is C11H16NSi+. The van der Waals surface area contributed by atoms with Crippen molar-refractivity contribution >= 4 is 22.1 Å². The van der Waals surface area contributed by atoms with Crippen molar-refractivity contribution in [2.75, 3.05) is 6.54 Å².